The Morgan fingerprint density at radius 1 is 1.25 bits per heavy atom. The Balaban J connectivity index is 1.45. The lowest BCUT2D eigenvalue weighted by Crippen LogP contribution is -2.25. The van der Waals surface area contributed by atoms with E-state index >= 15 is 0 Å². The Hall–Kier alpha value is -2.47. The van der Waals surface area contributed by atoms with Crippen LogP contribution in [0.15, 0.2) is 52.4 Å². The molecule has 3 aromatic rings. The summed E-state index contributed by atoms with van der Waals surface area (Å²) in [7, 11) is 0. The number of aromatic nitrogens is 2. The number of nitrogens with one attached hydrogen (secondary N) is 1. The number of aryl methyl sites for hydroxylation is 1. The van der Waals surface area contributed by atoms with Gasteiger partial charge in [0.05, 0.1) is 6.04 Å². The van der Waals surface area contributed by atoms with Gasteiger partial charge in [0, 0.05) is 23.3 Å². The lowest BCUT2D eigenvalue weighted by atomic mass is 10.2. The van der Waals surface area contributed by atoms with E-state index in [2.05, 4.69) is 15.5 Å². The van der Waals surface area contributed by atoms with Crippen molar-refractivity contribution in [3.63, 3.8) is 0 Å². The first-order valence-corrected chi connectivity index (χ1v) is 8.81. The van der Waals surface area contributed by atoms with E-state index in [1.54, 1.807) is 11.3 Å². The molecule has 0 aliphatic rings. The van der Waals surface area contributed by atoms with Gasteiger partial charge in [0.1, 0.15) is 0 Å². The van der Waals surface area contributed by atoms with Gasteiger partial charge in [-0.15, -0.1) is 11.3 Å². The molecular formula is C18H19N3O2S. The molecule has 2 aromatic heterocycles. The molecule has 0 fully saturated rings. The van der Waals surface area contributed by atoms with Crippen LogP contribution in [0.1, 0.15) is 36.6 Å². The Labute approximate surface area is 144 Å². The molecule has 1 unspecified atom stereocenters. The van der Waals surface area contributed by atoms with Crippen molar-refractivity contribution in [2.45, 2.75) is 32.2 Å². The molecule has 1 amide bonds. The van der Waals surface area contributed by atoms with Gasteiger partial charge in [-0.1, -0.05) is 41.6 Å². The van der Waals surface area contributed by atoms with Gasteiger partial charge < -0.3 is 9.84 Å². The van der Waals surface area contributed by atoms with E-state index in [1.807, 2.05) is 54.8 Å². The van der Waals surface area contributed by atoms with Crippen LogP contribution >= 0.6 is 11.3 Å². The summed E-state index contributed by atoms with van der Waals surface area (Å²) >= 11 is 1.65. The third-order valence-electron chi connectivity index (χ3n) is 3.64. The summed E-state index contributed by atoms with van der Waals surface area (Å²) in [5.74, 6) is 1.19. The first kappa shape index (κ1) is 16.4. The largest absolute Gasteiger partial charge is 0.349 e. The van der Waals surface area contributed by atoms with Crippen molar-refractivity contribution in [3.8, 4) is 11.4 Å². The van der Waals surface area contributed by atoms with Crippen LogP contribution in [0, 0.1) is 0 Å². The Morgan fingerprint density at radius 3 is 2.83 bits per heavy atom. The van der Waals surface area contributed by atoms with E-state index in [0.717, 1.165) is 10.4 Å². The summed E-state index contributed by atoms with van der Waals surface area (Å²) in [6.45, 7) is 1.99. The molecule has 1 aromatic carbocycles. The van der Waals surface area contributed by atoms with E-state index in [1.165, 1.54) is 0 Å². The molecule has 0 bridgehead atoms. The van der Waals surface area contributed by atoms with Crippen LogP contribution in [0.5, 0.6) is 0 Å². The van der Waals surface area contributed by atoms with Crippen molar-refractivity contribution in [3.05, 3.63) is 58.6 Å². The van der Waals surface area contributed by atoms with Crippen molar-refractivity contribution in [1.29, 1.82) is 0 Å². The third-order valence-corrected chi connectivity index (χ3v) is 4.70. The summed E-state index contributed by atoms with van der Waals surface area (Å²) < 4.78 is 5.25. The van der Waals surface area contributed by atoms with Gasteiger partial charge >= 0.3 is 0 Å². The van der Waals surface area contributed by atoms with E-state index in [4.69, 9.17) is 4.52 Å². The van der Waals surface area contributed by atoms with Crippen LogP contribution in [0.3, 0.4) is 0 Å². The number of amides is 1. The van der Waals surface area contributed by atoms with Crippen LogP contribution < -0.4 is 5.32 Å². The molecule has 3 rings (SSSR count). The lowest BCUT2D eigenvalue weighted by Gasteiger charge is -2.11. The van der Waals surface area contributed by atoms with Crippen molar-refractivity contribution in [2.75, 3.05) is 0 Å². The third kappa shape index (κ3) is 4.29. The predicted molar refractivity (Wildman–Crippen MR) is 93.5 cm³/mol. The zero-order valence-corrected chi connectivity index (χ0v) is 14.3. The number of rotatable bonds is 7. The maximum atomic E-state index is 12.0. The first-order valence-electron chi connectivity index (χ1n) is 7.93. The smallest absolute Gasteiger partial charge is 0.226 e. The second kappa shape index (κ2) is 7.88. The zero-order valence-electron chi connectivity index (χ0n) is 13.4. The number of hydrogen-bond donors (Lipinski definition) is 1. The van der Waals surface area contributed by atoms with Gasteiger partial charge in [0.2, 0.25) is 17.6 Å². The molecule has 0 aliphatic heterocycles. The normalized spacial score (nSPS) is 12.0. The molecule has 0 saturated carbocycles. The molecular weight excluding hydrogens is 322 g/mol. The SMILES string of the molecule is CC(NC(=O)CCCc1nc(-c2ccccc2)no1)c1cccs1. The van der Waals surface area contributed by atoms with E-state index in [-0.39, 0.29) is 11.9 Å². The minimum atomic E-state index is 0.0405. The van der Waals surface area contributed by atoms with Crippen LogP contribution in [-0.4, -0.2) is 16.0 Å². The van der Waals surface area contributed by atoms with Gasteiger partial charge in [-0.25, -0.2) is 0 Å². The number of nitrogens with zero attached hydrogens (tertiary/aromatic N) is 2. The summed E-state index contributed by atoms with van der Waals surface area (Å²) in [6, 6.07) is 13.8. The van der Waals surface area contributed by atoms with Crippen LogP contribution in [0.4, 0.5) is 0 Å². The molecule has 0 spiro atoms. The Morgan fingerprint density at radius 2 is 2.08 bits per heavy atom. The van der Waals surface area contributed by atoms with Crippen LogP contribution in [-0.2, 0) is 11.2 Å². The van der Waals surface area contributed by atoms with E-state index in [0.29, 0.717) is 31.0 Å². The van der Waals surface area contributed by atoms with Crippen molar-refractivity contribution in [2.24, 2.45) is 0 Å². The highest BCUT2D eigenvalue weighted by atomic mass is 32.1. The number of thiophene rings is 1. The highest BCUT2D eigenvalue weighted by molar-refractivity contribution is 7.10. The minimum absolute atomic E-state index is 0.0405. The lowest BCUT2D eigenvalue weighted by molar-refractivity contribution is -0.121. The standard InChI is InChI=1S/C18H19N3O2S/c1-13(15-9-6-12-24-15)19-16(22)10-5-11-17-20-18(21-23-17)14-7-3-2-4-8-14/h2-4,6-9,12-13H,5,10-11H2,1H3,(H,19,22). The summed E-state index contributed by atoms with van der Waals surface area (Å²) in [4.78, 5) is 17.5. The van der Waals surface area contributed by atoms with Crippen molar-refractivity contribution < 1.29 is 9.32 Å². The van der Waals surface area contributed by atoms with Crippen molar-refractivity contribution in [1.82, 2.24) is 15.5 Å². The van der Waals surface area contributed by atoms with Gasteiger partial charge in [0.15, 0.2) is 0 Å². The molecule has 124 valence electrons. The number of carbonyl (C=O) groups excluding carboxylic acids is 1. The van der Waals surface area contributed by atoms with Crippen LogP contribution in [0.2, 0.25) is 0 Å². The van der Waals surface area contributed by atoms with Crippen molar-refractivity contribution >= 4 is 17.2 Å². The fourth-order valence-corrected chi connectivity index (χ4v) is 3.12. The molecule has 1 N–H and O–H groups in total. The Bertz CT molecular complexity index is 769. The topological polar surface area (TPSA) is 68.0 Å². The molecule has 6 heteroatoms. The maximum absolute atomic E-state index is 12.0. The average molecular weight is 341 g/mol. The Kier molecular flexibility index (Phi) is 5.38. The summed E-state index contributed by atoms with van der Waals surface area (Å²) in [6.07, 6.45) is 1.72. The second-order valence-corrected chi connectivity index (χ2v) is 6.52. The zero-order chi connectivity index (χ0) is 16.8. The van der Waals surface area contributed by atoms with E-state index < -0.39 is 0 Å². The minimum Gasteiger partial charge on any atom is -0.349 e. The molecule has 24 heavy (non-hydrogen) atoms. The number of carbonyl (C=O) groups is 1. The highest BCUT2D eigenvalue weighted by Crippen LogP contribution is 2.18. The summed E-state index contributed by atoms with van der Waals surface area (Å²) in [5, 5.41) is 9.00. The molecule has 0 saturated heterocycles. The van der Waals surface area contributed by atoms with Gasteiger partial charge in [-0.3, -0.25) is 4.79 Å². The van der Waals surface area contributed by atoms with E-state index in [9.17, 15) is 4.79 Å². The highest BCUT2D eigenvalue weighted by Gasteiger charge is 2.12. The molecule has 0 aliphatic carbocycles. The van der Waals surface area contributed by atoms with Gasteiger partial charge in [-0.05, 0) is 24.8 Å². The summed E-state index contributed by atoms with van der Waals surface area (Å²) in [5.41, 5.74) is 0.926. The molecule has 0 radical (unpaired) electrons. The molecule has 2 heterocycles. The second-order valence-electron chi connectivity index (χ2n) is 5.54. The first-order chi connectivity index (χ1) is 11.7. The fourth-order valence-electron chi connectivity index (χ4n) is 2.38. The van der Waals surface area contributed by atoms with Gasteiger partial charge in [-0.2, -0.15) is 4.98 Å². The number of hydrogen-bond acceptors (Lipinski definition) is 5. The average Bonchev–Trinajstić information content (AvgIpc) is 3.27. The monoisotopic (exact) mass is 341 g/mol. The maximum Gasteiger partial charge on any atom is 0.226 e. The number of benzene rings is 1. The quantitative estimate of drug-likeness (QED) is 0.705. The molecule has 5 nitrogen and oxygen atoms in total. The van der Waals surface area contributed by atoms with Crippen LogP contribution in [0.25, 0.3) is 11.4 Å². The van der Waals surface area contributed by atoms with Gasteiger partial charge in [0.25, 0.3) is 0 Å². The fraction of sp³-hybridized carbons (Fsp3) is 0.278. The predicted octanol–water partition coefficient (Wildman–Crippen LogP) is 4.00. The molecule has 1 atom stereocenters.